The zero-order valence-electron chi connectivity index (χ0n) is 15.5. The molecule has 1 fully saturated rings. The van der Waals surface area contributed by atoms with Crippen molar-refractivity contribution in [2.24, 2.45) is 0 Å². The Morgan fingerprint density at radius 1 is 1.28 bits per heavy atom. The average Bonchev–Trinajstić information content (AvgIpc) is 3.13. The van der Waals surface area contributed by atoms with Crippen LogP contribution in [-0.4, -0.2) is 46.4 Å². The molecule has 0 aromatic carbocycles. The molecule has 0 bridgehead atoms. The van der Waals surface area contributed by atoms with Gasteiger partial charge in [-0.1, -0.05) is 0 Å². The molecule has 6 nitrogen and oxygen atoms in total. The van der Waals surface area contributed by atoms with Crippen molar-refractivity contribution < 1.29 is 4.79 Å². The molecule has 0 saturated carbocycles. The van der Waals surface area contributed by atoms with E-state index in [1.54, 1.807) is 11.3 Å². The molecule has 1 aliphatic heterocycles. The normalized spacial score (nSPS) is 17.2. The molecule has 0 N–H and O–H groups in total. The molecule has 1 amide bonds. The second kappa shape index (κ2) is 7.07. The third kappa shape index (κ3) is 3.81. The van der Waals surface area contributed by atoms with Crippen molar-refractivity contribution in [3.63, 3.8) is 0 Å². The van der Waals surface area contributed by atoms with Crippen molar-refractivity contribution in [1.82, 2.24) is 19.9 Å². The van der Waals surface area contributed by atoms with E-state index in [1.165, 1.54) is 0 Å². The van der Waals surface area contributed by atoms with Gasteiger partial charge in [-0.15, -0.1) is 11.3 Å². The Kier molecular flexibility index (Phi) is 5.03. The van der Waals surface area contributed by atoms with E-state index in [0.717, 1.165) is 52.3 Å². The highest BCUT2D eigenvalue weighted by molar-refractivity contribution is 7.11. The van der Waals surface area contributed by atoms with Crippen LogP contribution in [0.25, 0.3) is 0 Å². The fourth-order valence-electron chi connectivity index (χ4n) is 3.32. The van der Waals surface area contributed by atoms with Crippen LogP contribution in [0.3, 0.4) is 0 Å². The van der Waals surface area contributed by atoms with Crippen molar-refractivity contribution in [2.45, 2.75) is 46.1 Å². The molecule has 2 aromatic rings. The largest absolute Gasteiger partial charge is 0.363 e. The molecule has 1 atom stereocenters. The number of amides is 1. The van der Waals surface area contributed by atoms with Gasteiger partial charge >= 0.3 is 0 Å². The van der Waals surface area contributed by atoms with Crippen LogP contribution < -0.4 is 4.90 Å². The number of thiazole rings is 1. The smallest absolute Gasteiger partial charge is 0.228 e. The topological polar surface area (TPSA) is 62.2 Å². The van der Waals surface area contributed by atoms with Gasteiger partial charge in [0.15, 0.2) is 0 Å². The van der Waals surface area contributed by atoms with Gasteiger partial charge in [0.1, 0.15) is 11.6 Å². The van der Waals surface area contributed by atoms with Gasteiger partial charge in [0, 0.05) is 31.6 Å². The van der Waals surface area contributed by atoms with Crippen LogP contribution >= 0.6 is 11.3 Å². The quantitative estimate of drug-likeness (QED) is 0.840. The van der Waals surface area contributed by atoms with E-state index in [1.807, 2.05) is 50.7 Å². The predicted molar refractivity (Wildman–Crippen MR) is 100 cm³/mol. The first kappa shape index (κ1) is 17.8. The molecule has 2 aromatic heterocycles. The molecule has 3 rings (SSSR count). The molecule has 0 radical (unpaired) electrons. The molecular formula is C18H25N5OS. The van der Waals surface area contributed by atoms with Gasteiger partial charge in [0.25, 0.3) is 0 Å². The summed E-state index contributed by atoms with van der Waals surface area (Å²) in [5, 5.41) is 1.01. The summed E-state index contributed by atoms with van der Waals surface area (Å²) in [6, 6.07) is 2.05. The fourth-order valence-corrected chi connectivity index (χ4v) is 4.25. The van der Waals surface area contributed by atoms with Crippen LogP contribution in [0.4, 0.5) is 5.82 Å². The Bertz CT molecular complexity index is 786. The van der Waals surface area contributed by atoms with Gasteiger partial charge in [0.05, 0.1) is 28.9 Å². The Balaban J connectivity index is 1.83. The lowest BCUT2D eigenvalue weighted by Crippen LogP contribution is -2.32. The van der Waals surface area contributed by atoms with E-state index in [2.05, 4.69) is 15.0 Å². The molecule has 25 heavy (non-hydrogen) atoms. The molecule has 7 heteroatoms. The summed E-state index contributed by atoms with van der Waals surface area (Å²) in [6.07, 6.45) is 2.39. The van der Waals surface area contributed by atoms with Gasteiger partial charge in [-0.05, 0) is 33.6 Å². The molecule has 0 spiro atoms. The van der Waals surface area contributed by atoms with Gasteiger partial charge in [-0.2, -0.15) is 0 Å². The van der Waals surface area contributed by atoms with Crippen molar-refractivity contribution in [2.75, 3.05) is 25.5 Å². The summed E-state index contributed by atoms with van der Waals surface area (Å²) in [5.74, 6) is 1.79. The van der Waals surface area contributed by atoms with Crippen molar-refractivity contribution in [3.8, 4) is 0 Å². The lowest BCUT2D eigenvalue weighted by molar-refractivity contribution is -0.131. The summed E-state index contributed by atoms with van der Waals surface area (Å²) in [6.45, 7) is 6.66. The number of nitrogens with zero attached hydrogens (tertiary/aromatic N) is 5. The minimum Gasteiger partial charge on any atom is -0.363 e. The summed E-state index contributed by atoms with van der Waals surface area (Å²) in [5.41, 5.74) is 1.92. The van der Waals surface area contributed by atoms with Crippen LogP contribution in [-0.2, 0) is 11.2 Å². The second-order valence-electron chi connectivity index (χ2n) is 6.76. The van der Waals surface area contributed by atoms with E-state index < -0.39 is 0 Å². The minimum absolute atomic E-state index is 0.0437. The summed E-state index contributed by atoms with van der Waals surface area (Å²) in [7, 11) is 3.94. The zero-order valence-corrected chi connectivity index (χ0v) is 16.4. The summed E-state index contributed by atoms with van der Waals surface area (Å²) < 4.78 is 0. The molecular weight excluding hydrogens is 334 g/mol. The number of aromatic nitrogens is 3. The number of hydrogen-bond donors (Lipinski definition) is 0. The first-order valence-electron chi connectivity index (χ1n) is 8.60. The van der Waals surface area contributed by atoms with E-state index in [0.29, 0.717) is 6.42 Å². The van der Waals surface area contributed by atoms with Gasteiger partial charge in [-0.3, -0.25) is 4.79 Å². The van der Waals surface area contributed by atoms with Crippen LogP contribution in [0, 0.1) is 20.8 Å². The standard InChI is InChI=1S/C18H25N5OS/c1-11-16(25-13(3)19-11)10-18(24)23-8-6-7-15(23)14-9-17(22(4)5)21-12(2)20-14/h9,15H,6-8,10H2,1-5H3. The number of likely N-dealkylation sites (tertiary alicyclic amines) is 1. The van der Waals surface area contributed by atoms with Gasteiger partial charge in [-0.25, -0.2) is 15.0 Å². The third-order valence-corrected chi connectivity index (χ3v) is 5.60. The predicted octanol–water partition coefficient (Wildman–Crippen LogP) is 2.83. The number of hydrogen-bond acceptors (Lipinski definition) is 6. The molecule has 1 saturated heterocycles. The molecule has 3 heterocycles. The molecule has 1 aliphatic rings. The average molecular weight is 359 g/mol. The Morgan fingerprint density at radius 3 is 2.68 bits per heavy atom. The maximum absolute atomic E-state index is 12.9. The van der Waals surface area contributed by atoms with Crippen molar-refractivity contribution in [1.29, 1.82) is 0 Å². The molecule has 1 unspecified atom stereocenters. The highest BCUT2D eigenvalue weighted by atomic mass is 32.1. The van der Waals surface area contributed by atoms with Crippen LogP contribution in [0.15, 0.2) is 6.07 Å². The van der Waals surface area contributed by atoms with Gasteiger partial charge in [0.2, 0.25) is 5.91 Å². The first-order valence-corrected chi connectivity index (χ1v) is 9.42. The van der Waals surface area contributed by atoms with E-state index in [4.69, 9.17) is 0 Å². The zero-order chi connectivity index (χ0) is 18.1. The van der Waals surface area contributed by atoms with Crippen LogP contribution in [0.2, 0.25) is 0 Å². The Morgan fingerprint density at radius 2 is 2.04 bits per heavy atom. The monoisotopic (exact) mass is 359 g/mol. The first-order chi connectivity index (χ1) is 11.8. The van der Waals surface area contributed by atoms with Gasteiger partial charge < -0.3 is 9.80 Å². The highest BCUT2D eigenvalue weighted by Crippen LogP contribution is 2.33. The van der Waals surface area contributed by atoms with E-state index in [-0.39, 0.29) is 11.9 Å². The summed E-state index contributed by atoms with van der Waals surface area (Å²) in [4.78, 5) is 31.5. The Labute approximate surface area is 152 Å². The maximum Gasteiger partial charge on any atom is 0.228 e. The number of anilines is 1. The number of carbonyl (C=O) groups excluding carboxylic acids is 1. The maximum atomic E-state index is 12.9. The summed E-state index contributed by atoms with van der Waals surface area (Å²) >= 11 is 1.62. The lowest BCUT2D eigenvalue weighted by Gasteiger charge is -2.25. The Hall–Kier alpha value is -2.02. The number of aryl methyl sites for hydroxylation is 3. The minimum atomic E-state index is 0.0437. The van der Waals surface area contributed by atoms with Crippen molar-refractivity contribution >= 4 is 23.1 Å². The van der Waals surface area contributed by atoms with E-state index in [9.17, 15) is 4.79 Å². The SMILES string of the molecule is Cc1nc(C2CCCN2C(=O)Cc2sc(C)nc2C)cc(N(C)C)n1. The van der Waals surface area contributed by atoms with E-state index >= 15 is 0 Å². The number of rotatable bonds is 4. The molecule has 134 valence electrons. The number of carbonyl (C=O) groups is 1. The molecule has 0 aliphatic carbocycles. The van der Waals surface area contributed by atoms with Crippen LogP contribution in [0.5, 0.6) is 0 Å². The lowest BCUT2D eigenvalue weighted by atomic mass is 10.1. The van der Waals surface area contributed by atoms with Crippen molar-refractivity contribution in [3.05, 3.63) is 33.2 Å². The second-order valence-corrected chi connectivity index (χ2v) is 8.04. The fraction of sp³-hybridized carbons (Fsp3) is 0.556. The highest BCUT2D eigenvalue weighted by Gasteiger charge is 2.32. The third-order valence-electron chi connectivity index (χ3n) is 4.53. The van der Waals surface area contributed by atoms with Crippen LogP contribution in [0.1, 0.15) is 46.0 Å².